The van der Waals surface area contributed by atoms with E-state index in [1.54, 1.807) is 0 Å². The predicted octanol–water partition coefficient (Wildman–Crippen LogP) is 2.72. The molecule has 3 nitrogen and oxygen atoms in total. The number of likely N-dealkylation sites (N-methyl/N-ethyl adjacent to an activating group) is 1. The molecule has 0 spiro atoms. The van der Waals surface area contributed by atoms with Gasteiger partial charge in [-0.2, -0.15) is 0 Å². The van der Waals surface area contributed by atoms with E-state index in [9.17, 15) is 0 Å². The summed E-state index contributed by atoms with van der Waals surface area (Å²) in [6.07, 6.45) is 3.85. The molecular weight excluding hydrogens is 282 g/mol. The molecule has 0 bridgehead atoms. The van der Waals surface area contributed by atoms with Gasteiger partial charge in [0.1, 0.15) is 0 Å². The van der Waals surface area contributed by atoms with E-state index in [1.807, 2.05) is 0 Å². The van der Waals surface area contributed by atoms with Crippen LogP contribution in [0.4, 0.5) is 0 Å². The van der Waals surface area contributed by atoms with E-state index in [1.165, 1.54) is 70.6 Å². The molecule has 23 heavy (non-hydrogen) atoms. The maximum absolute atomic E-state index is 2.75. The number of benzene rings is 1. The van der Waals surface area contributed by atoms with E-state index < -0.39 is 0 Å². The van der Waals surface area contributed by atoms with Crippen molar-refractivity contribution in [3.05, 3.63) is 35.9 Å². The molecule has 2 aliphatic rings. The van der Waals surface area contributed by atoms with Crippen LogP contribution >= 0.6 is 0 Å². The molecule has 2 saturated heterocycles. The van der Waals surface area contributed by atoms with Gasteiger partial charge in [-0.15, -0.1) is 0 Å². The molecule has 0 aliphatic carbocycles. The Labute approximate surface area is 142 Å². The maximum atomic E-state index is 2.75. The molecule has 2 atom stereocenters. The van der Waals surface area contributed by atoms with Crippen molar-refractivity contribution in [2.45, 2.75) is 45.2 Å². The largest absolute Gasteiger partial charge is 0.301 e. The summed E-state index contributed by atoms with van der Waals surface area (Å²) >= 11 is 0. The highest BCUT2D eigenvalue weighted by Crippen LogP contribution is 2.21. The van der Waals surface area contributed by atoms with Crippen LogP contribution in [0.1, 0.15) is 32.3 Å². The van der Waals surface area contributed by atoms with Crippen molar-refractivity contribution in [1.82, 2.24) is 14.7 Å². The minimum Gasteiger partial charge on any atom is -0.301 e. The Morgan fingerprint density at radius 1 is 1.04 bits per heavy atom. The van der Waals surface area contributed by atoms with Crippen LogP contribution in [0.15, 0.2) is 30.3 Å². The van der Waals surface area contributed by atoms with Crippen molar-refractivity contribution in [2.75, 3.05) is 45.8 Å². The first-order valence-electron chi connectivity index (χ1n) is 9.50. The van der Waals surface area contributed by atoms with Crippen molar-refractivity contribution in [3.63, 3.8) is 0 Å². The fraction of sp³-hybridized carbons (Fsp3) is 0.700. The Balaban J connectivity index is 1.42. The van der Waals surface area contributed by atoms with Gasteiger partial charge in [0.05, 0.1) is 0 Å². The molecule has 0 radical (unpaired) electrons. The summed E-state index contributed by atoms with van der Waals surface area (Å²) in [5, 5.41) is 0. The van der Waals surface area contributed by atoms with E-state index in [-0.39, 0.29) is 0 Å². The zero-order valence-corrected chi connectivity index (χ0v) is 15.0. The fourth-order valence-corrected chi connectivity index (χ4v) is 4.11. The summed E-state index contributed by atoms with van der Waals surface area (Å²) < 4.78 is 0. The Hall–Kier alpha value is -0.900. The standard InChI is InChI=1S/C20H33N3/c1-3-21-13-15-22(16-14-21)20-11-12-23(17-20)18(2)9-10-19-7-5-4-6-8-19/h4-8,18,20H,3,9-17H2,1-2H3/t18-,20-/m0/s1. The van der Waals surface area contributed by atoms with Crippen LogP contribution < -0.4 is 0 Å². The molecule has 2 heterocycles. The van der Waals surface area contributed by atoms with Gasteiger partial charge >= 0.3 is 0 Å². The zero-order valence-electron chi connectivity index (χ0n) is 15.0. The van der Waals surface area contributed by atoms with Crippen LogP contribution in [0.2, 0.25) is 0 Å². The average molecular weight is 316 g/mol. The second-order valence-electron chi connectivity index (χ2n) is 7.28. The van der Waals surface area contributed by atoms with Gasteiger partial charge in [0.15, 0.2) is 0 Å². The molecule has 0 N–H and O–H groups in total. The van der Waals surface area contributed by atoms with Crippen molar-refractivity contribution in [2.24, 2.45) is 0 Å². The fourth-order valence-electron chi connectivity index (χ4n) is 4.11. The Morgan fingerprint density at radius 3 is 2.48 bits per heavy atom. The molecule has 0 saturated carbocycles. The molecule has 3 heteroatoms. The third-order valence-corrected chi connectivity index (χ3v) is 5.88. The van der Waals surface area contributed by atoms with Gasteiger partial charge in [-0.05, 0) is 38.3 Å². The smallest absolute Gasteiger partial charge is 0.0236 e. The van der Waals surface area contributed by atoms with Crippen LogP contribution in [-0.2, 0) is 6.42 Å². The van der Waals surface area contributed by atoms with Crippen molar-refractivity contribution < 1.29 is 0 Å². The number of nitrogens with zero attached hydrogens (tertiary/aromatic N) is 3. The van der Waals surface area contributed by atoms with Gasteiger partial charge in [0.25, 0.3) is 0 Å². The van der Waals surface area contributed by atoms with Crippen LogP contribution in [0, 0.1) is 0 Å². The summed E-state index contributed by atoms with van der Waals surface area (Å²) in [6, 6.07) is 12.4. The normalized spacial score (nSPS) is 25.7. The third kappa shape index (κ3) is 4.56. The quantitative estimate of drug-likeness (QED) is 0.799. The molecule has 128 valence electrons. The van der Waals surface area contributed by atoms with Gasteiger partial charge in [-0.3, -0.25) is 9.80 Å². The molecule has 1 aromatic carbocycles. The first-order valence-corrected chi connectivity index (χ1v) is 9.50. The van der Waals surface area contributed by atoms with Crippen LogP contribution in [-0.4, -0.2) is 72.6 Å². The summed E-state index contributed by atoms with van der Waals surface area (Å²) in [7, 11) is 0. The summed E-state index contributed by atoms with van der Waals surface area (Å²) in [6.45, 7) is 13.5. The van der Waals surface area contributed by atoms with E-state index >= 15 is 0 Å². The number of rotatable bonds is 6. The highest BCUT2D eigenvalue weighted by atomic mass is 15.3. The van der Waals surface area contributed by atoms with E-state index in [0.717, 1.165) is 6.04 Å². The predicted molar refractivity (Wildman–Crippen MR) is 97.9 cm³/mol. The topological polar surface area (TPSA) is 9.72 Å². The van der Waals surface area contributed by atoms with Crippen LogP contribution in [0.25, 0.3) is 0 Å². The molecule has 2 aliphatic heterocycles. The van der Waals surface area contributed by atoms with E-state index in [0.29, 0.717) is 6.04 Å². The molecule has 1 aromatic rings. The van der Waals surface area contributed by atoms with Crippen molar-refractivity contribution >= 4 is 0 Å². The lowest BCUT2D eigenvalue weighted by molar-refractivity contribution is 0.0980. The summed E-state index contributed by atoms with van der Waals surface area (Å²) in [5.41, 5.74) is 1.48. The minimum absolute atomic E-state index is 0.706. The molecule has 3 rings (SSSR count). The molecule has 0 aromatic heterocycles. The molecular formula is C20H33N3. The highest BCUT2D eigenvalue weighted by molar-refractivity contribution is 5.14. The van der Waals surface area contributed by atoms with Crippen molar-refractivity contribution in [1.29, 1.82) is 0 Å². The number of hydrogen-bond acceptors (Lipinski definition) is 3. The Bertz CT molecular complexity index is 453. The monoisotopic (exact) mass is 315 g/mol. The first-order chi connectivity index (χ1) is 11.3. The van der Waals surface area contributed by atoms with Gasteiger partial charge in [-0.1, -0.05) is 37.3 Å². The minimum atomic E-state index is 0.706. The average Bonchev–Trinajstić information content (AvgIpc) is 3.11. The number of piperazine rings is 1. The van der Waals surface area contributed by atoms with Crippen LogP contribution in [0.5, 0.6) is 0 Å². The van der Waals surface area contributed by atoms with Crippen molar-refractivity contribution in [3.8, 4) is 0 Å². The van der Waals surface area contributed by atoms with E-state index in [2.05, 4.69) is 58.9 Å². The third-order valence-electron chi connectivity index (χ3n) is 5.88. The lowest BCUT2D eigenvalue weighted by atomic mass is 10.1. The second-order valence-corrected chi connectivity index (χ2v) is 7.28. The van der Waals surface area contributed by atoms with Gasteiger partial charge < -0.3 is 4.90 Å². The lowest BCUT2D eigenvalue weighted by Crippen LogP contribution is -2.51. The number of likely N-dealkylation sites (tertiary alicyclic amines) is 1. The number of aryl methyl sites for hydroxylation is 1. The zero-order chi connectivity index (χ0) is 16.1. The first kappa shape index (κ1) is 16.9. The SMILES string of the molecule is CCN1CCN([C@H]2CCN([C@@H](C)CCc3ccccc3)C2)CC1. The molecule has 0 unspecified atom stereocenters. The summed E-state index contributed by atoms with van der Waals surface area (Å²) in [4.78, 5) is 8.04. The van der Waals surface area contributed by atoms with Gasteiger partial charge in [0.2, 0.25) is 0 Å². The maximum Gasteiger partial charge on any atom is 0.0236 e. The number of hydrogen-bond donors (Lipinski definition) is 0. The van der Waals surface area contributed by atoms with Gasteiger partial charge in [-0.25, -0.2) is 0 Å². The highest BCUT2D eigenvalue weighted by Gasteiger charge is 2.31. The molecule has 2 fully saturated rings. The van der Waals surface area contributed by atoms with E-state index in [4.69, 9.17) is 0 Å². The second kappa shape index (κ2) is 8.27. The van der Waals surface area contributed by atoms with Crippen LogP contribution in [0.3, 0.4) is 0 Å². The van der Waals surface area contributed by atoms with Gasteiger partial charge in [0, 0.05) is 51.4 Å². The molecule has 0 amide bonds. The Morgan fingerprint density at radius 2 is 1.78 bits per heavy atom. The Kier molecular flexibility index (Phi) is 6.09. The lowest BCUT2D eigenvalue weighted by Gasteiger charge is -2.37. The summed E-state index contributed by atoms with van der Waals surface area (Å²) in [5.74, 6) is 0.